The van der Waals surface area contributed by atoms with Gasteiger partial charge in [-0.1, -0.05) is 11.6 Å². The Hall–Kier alpha value is -1.11. The maximum atomic E-state index is 13.1. The molecule has 20 heavy (non-hydrogen) atoms. The summed E-state index contributed by atoms with van der Waals surface area (Å²) in [5.74, 6) is -3.43. The van der Waals surface area contributed by atoms with E-state index in [1.54, 1.807) is 4.90 Å². The second kappa shape index (κ2) is 5.71. The lowest BCUT2D eigenvalue weighted by molar-refractivity contribution is 0.0125. The Morgan fingerprint density at radius 1 is 1.35 bits per heavy atom. The molecule has 0 bridgehead atoms. The van der Waals surface area contributed by atoms with Gasteiger partial charge in [-0.2, -0.15) is 8.78 Å². The summed E-state index contributed by atoms with van der Waals surface area (Å²) in [4.78, 5) is 9.27. The van der Waals surface area contributed by atoms with Crippen molar-refractivity contribution < 1.29 is 17.6 Å². The molecule has 1 aliphatic rings. The molecule has 0 spiro atoms. The third-order valence-corrected chi connectivity index (χ3v) is 3.62. The minimum Gasteiger partial charge on any atom is -0.355 e. The topological polar surface area (TPSA) is 29.0 Å². The zero-order valence-corrected chi connectivity index (χ0v) is 11.5. The molecule has 112 valence electrons. The molecule has 8 heteroatoms. The summed E-state index contributed by atoms with van der Waals surface area (Å²) in [5, 5.41) is -0.356. The minimum absolute atomic E-state index is 0.336. The van der Waals surface area contributed by atoms with E-state index in [-0.39, 0.29) is 5.15 Å². The van der Waals surface area contributed by atoms with Crippen LogP contribution in [-0.4, -0.2) is 29.5 Å². The van der Waals surface area contributed by atoms with Gasteiger partial charge in [0, 0.05) is 25.9 Å². The molecule has 1 aromatic rings. The predicted molar refractivity (Wildman–Crippen MR) is 67.6 cm³/mol. The van der Waals surface area contributed by atoms with Crippen LogP contribution in [0.3, 0.4) is 0 Å². The summed E-state index contributed by atoms with van der Waals surface area (Å²) in [6, 6.07) is 0. The zero-order chi connectivity index (χ0) is 14.9. The molecule has 1 aromatic heterocycles. The number of nitrogens with zero attached hydrogens (tertiary/aromatic N) is 3. The van der Waals surface area contributed by atoms with Gasteiger partial charge in [0.2, 0.25) is 6.43 Å². The molecule has 2 heterocycles. The van der Waals surface area contributed by atoms with E-state index in [9.17, 15) is 17.6 Å². The average molecular weight is 312 g/mol. The Morgan fingerprint density at radius 2 is 1.95 bits per heavy atom. The zero-order valence-electron chi connectivity index (χ0n) is 10.8. The number of halogens is 5. The van der Waals surface area contributed by atoms with Gasteiger partial charge in [0.25, 0.3) is 5.92 Å². The lowest BCUT2D eigenvalue weighted by atomic mass is 9.97. The van der Waals surface area contributed by atoms with E-state index in [0.717, 1.165) is 0 Å². The number of hydrogen-bond acceptors (Lipinski definition) is 3. The summed E-state index contributed by atoms with van der Waals surface area (Å²) in [6.07, 6.45) is -0.444. The highest BCUT2D eigenvalue weighted by Gasteiger charge is 2.31. The van der Waals surface area contributed by atoms with Crippen molar-refractivity contribution in [3.05, 3.63) is 17.0 Å². The van der Waals surface area contributed by atoms with Crippen molar-refractivity contribution in [2.75, 3.05) is 18.0 Å². The lowest BCUT2D eigenvalue weighted by Crippen LogP contribution is -2.36. The van der Waals surface area contributed by atoms with E-state index in [0.29, 0.717) is 38.7 Å². The van der Waals surface area contributed by atoms with Crippen LogP contribution < -0.4 is 4.90 Å². The lowest BCUT2D eigenvalue weighted by Gasteiger charge is -2.32. The molecule has 1 saturated heterocycles. The number of piperidine rings is 1. The molecule has 0 aromatic carbocycles. The molecule has 0 radical (unpaired) electrons. The van der Waals surface area contributed by atoms with E-state index < -0.39 is 24.0 Å². The number of hydrogen-bond donors (Lipinski definition) is 0. The maximum Gasteiger partial charge on any atom is 0.290 e. The largest absolute Gasteiger partial charge is 0.355 e. The number of rotatable bonds is 3. The molecule has 1 fully saturated rings. The van der Waals surface area contributed by atoms with Crippen LogP contribution in [0.25, 0.3) is 0 Å². The van der Waals surface area contributed by atoms with Crippen LogP contribution in [0.15, 0.2) is 6.20 Å². The standard InChI is InChI=1S/C12H14ClF4N3/c1-12(16,17)9-10(13)19-8(6-18-9)20-4-2-7(3-5-20)11(14)15/h6-7,11H,2-5H2,1H3. The van der Waals surface area contributed by atoms with E-state index in [1.807, 2.05) is 0 Å². The van der Waals surface area contributed by atoms with Gasteiger partial charge < -0.3 is 4.90 Å². The van der Waals surface area contributed by atoms with Gasteiger partial charge >= 0.3 is 0 Å². The van der Waals surface area contributed by atoms with Gasteiger partial charge in [0.15, 0.2) is 5.15 Å². The first-order valence-electron chi connectivity index (χ1n) is 6.23. The quantitative estimate of drug-likeness (QED) is 0.797. The second-order valence-corrected chi connectivity index (χ2v) is 5.27. The molecule has 1 aliphatic heterocycles. The van der Waals surface area contributed by atoms with Crippen molar-refractivity contribution in [2.45, 2.75) is 32.1 Å². The molecule has 0 N–H and O–H groups in total. The van der Waals surface area contributed by atoms with Crippen LogP contribution in [0.5, 0.6) is 0 Å². The highest BCUT2D eigenvalue weighted by Crippen LogP contribution is 2.32. The maximum absolute atomic E-state index is 13.1. The molecule has 0 saturated carbocycles. The molecule has 0 aliphatic carbocycles. The van der Waals surface area contributed by atoms with Crippen molar-refractivity contribution in [1.82, 2.24) is 9.97 Å². The summed E-state index contributed by atoms with van der Waals surface area (Å²) >= 11 is 5.71. The van der Waals surface area contributed by atoms with Crippen molar-refractivity contribution in [3.63, 3.8) is 0 Å². The first-order valence-corrected chi connectivity index (χ1v) is 6.60. The molecule has 3 nitrogen and oxygen atoms in total. The summed E-state index contributed by atoms with van der Waals surface area (Å²) in [7, 11) is 0. The molecule has 0 unspecified atom stereocenters. The molecular weight excluding hydrogens is 298 g/mol. The number of aromatic nitrogens is 2. The molecule has 0 atom stereocenters. The van der Waals surface area contributed by atoms with E-state index in [2.05, 4.69) is 9.97 Å². The fraction of sp³-hybridized carbons (Fsp3) is 0.667. The molecule has 2 rings (SSSR count). The fourth-order valence-electron chi connectivity index (χ4n) is 2.19. The van der Waals surface area contributed by atoms with Crippen molar-refractivity contribution in [2.24, 2.45) is 5.92 Å². The van der Waals surface area contributed by atoms with E-state index in [4.69, 9.17) is 11.6 Å². The van der Waals surface area contributed by atoms with Crippen molar-refractivity contribution in [1.29, 1.82) is 0 Å². The second-order valence-electron chi connectivity index (χ2n) is 4.91. The number of alkyl halides is 4. The Balaban J connectivity index is 2.10. The van der Waals surface area contributed by atoms with Crippen LogP contribution >= 0.6 is 11.6 Å². The van der Waals surface area contributed by atoms with Gasteiger partial charge in [0.05, 0.1) is 6.20 Å². The summed E-state index contributed by atoms with van der Waals surface area (Å²) in [6.45, 7) is 1.47. The monoisotopic (exact) mass is 311 g/mol. The van der Waals surface area contributed by atoms with Crippen LogP contribution in [0.1, 0.15) is 25.5 Å². The van der Waals surface area contributed by atoms with Crippen molar-refractivity contribution in [3.8, 4) is 0 Å². The van der Waals surface area contributed by atoms with Gasteiger partial charge in [-0.15, -0.1) is 0 Å². The van der Waals surface area contributed by atoms with Crippen molar-refractivity contribution >= 4 is 17.4 Å². The Morgan fingerprint density at radius 3 is 2.40 bits per heavy atom. The first-order chi connectivity index (χ1) is 9.29. The SMILES string of the molecule is CC(F)(F)c1ncc(N2CCC(C(F)F)CC2)nc1Cl. The Labute approximate surface area is 119 Å². The van der Waals surface area contributed by atoms with E-state index in [1.165, 1.54) is 6.20 Å². The Kier molecular flexibility index (Phi) is 4.36. The Bertz CT molecular complexity index is 470. The van der Waals surface area contributed by atoms with Gasteiger partial charge in [-0.3, -0.25) is 0 Å². The highest BCUT2D eigenvalue weighted by molar-refractivity contribution is 6.30. The predicted octanol–water partition coefficient (Wildman–Crippen LogP) is 3.72. The van der Waals surface area contributed by atoms with Gasteiger partial charge in [0.1, 0.15) is 11.5 Å². The van der Waals surface area contributed by atoms with Crippen LogP contribution in [0.2, 0.25) is 5.15 Å². The molecule has 0 amide bonds. The van der Waals surface area contributed by atoms with E-state index >= 15 is 0 Å². The number of anilines is 1. The highest BCUT2D eigenvalue weighted by atomic mass is 35.5. The normalized spacial score (nSPS) is 17.9. The van der Waals surface area contributed by atoms with Crippen LogP contribution in [-0.2, 0) is 5.92 Å². The third kappa shape index (κ3) is 3.31. The van der Waals surface area contributed by atoms with Gasteiger partial charge in [-0.25, -0.2) is 18.7 Å². The average Bonchev–Trinajstić information content (AvgIpc) is 2.37. The van der Waals surface area contributed by atoms with Crippen LogP contribution in [0.4, 0.5) is 23.4 Å². The van der Waals surface area contributed by atoms with Crippen LogP contribution in [0, 0.1) is 5.92 Å². The summed E-state index contributed by atoms with van der Waals surface area (Å²) < 4.78 is 51.4. The fourth-order valence-corrected chi connectivity index (χ4v) is 2.49. The first kappa shape index (κ1) is 15.3. The minimum atomic E-state index is -3.16. The molecular formula is C12H14ClF4N3. The van der Waals surface area contributed by atoms with Gasteiger partial charge in [-0.05, 0) is 12.8 Å². The summed E-state index contributed by atoms with van der Waals surface area (Å²) in [5.41, 5.74) is -0.578. The smallest absolute Gasteiger partial charge is 0.290 e. The third-order valence-electron chi connectivity index (χ3n) is 3.35.